The summed E-state index contributed by atoms with van der Waals surface area (Å²) in [5, 5.41) is 2.39. The number of cyclic esters (lactones) is 2. The Morgan fingerprint density at radius 3 is 2.42 bits per heavy atom. The maximum absolute atomic E-state index is 11.8. The van der Waals surface area contributed by atoms with Gasteiger partial charge in [0.2, 0.25) is 0 Å². The van der Waals surface area contributed by atoms with Crippen LogP contribution in [0.1, 0.15) is 18.4 Å². The largest absolute Gasteiger partial charge is 0.457 e. The minimum absolute atomic E-state index is 0.0398. The third-order valence-electron chi connectivity index (χ3n) is 3.70. The molecule has 3 rings (SSSR count). The van der Waals surface area contributed by atoms with Crippen molar-refractivity contribution < 1.29 is 28.6 Å². The second-order valence-electron chi connectivity index (χ2n) is 5.66. The number of esters is 2. The highest BCUT2D eigenvalue weighted by Crippen LogP contribution is 2.21. The van der Waals surface area contributed by atoms with E-state index in [-0.39, 0.29) is 19.4 Å². The Hall–Kier alpha value is -3.35. The molecule has 134 valence electrons. The Labute approximate surface area is 149 Å². The Morgan fingerprint density at radius 1 is 1.04 bits per heavy atom. The molecule has 7 nitrogen and oxygen atoms in total. The van der Waals surface area contributed by atoms with Gasteiger partial charge >= 0.3 is 18.0 Å². The molecule has 1 aliphatic heterocycles. The van der Waals surface area contributed by atoms with Crippen molar-refractivity contribution in [3.05, 3.63) is 60.2 Å². The number of hydrogen-bond donors (Lipinski definition) is 1. The first kappa shape index (κ1) is 17.5. The lowest BCUT2D eigenvalue weighted by atomic mass is 10.1. The van der Waals surface area contributed by atoms with E-state index in [1.807, 2.05) is 30.3 Å². The summed E-state index contributed by atoms with van der Waals surface area (Å²) >= 11 is 0. The van der Waals surface area contributed by atoms with Gasteiger partial charge in [-0.05, 0) is 36.2 Å². The number of carbonyl (C=O) groups excluding carboxylic acids is 3. The summed E-state index contributed by atoms with van der Waals surface area (Å²) in [7, 11) is 0. The molecule has 0 bridgehead atoms. The predicted molar refractivity (Wildman–Crippen MR) is 90.4 cm³/mol. The van der Waals surface area contributed by atoms with Crippen molar-refractivity contribution >= 4 is 18.0 Å². The highest BCUT2D eigenvalue weighted by atomic mass is 16.6. The molecule has 1 saturated heterocycles. The fraction of sp³-hybridized carbons (Fsp3) is 0.211. The van der Waals surface area contributed by atoms with E-state index in [2.05, 4.69) is 10.1 Å². The molecule has 0 aromatic heterocycles. The van der Waals surface area contributed by atoms with Crippen LogP contribution in [-0.2, 0) is 25.7 Å². The molecule has 1 fully saturated rings. The van der Waals surface area contributed by atoms with Crippen LogP contribution in [0.15, 0.2) is 54.6 Å². The van der Waals surface area contributed by atoms with Crippen LogP contribution in [0, 0.1) is 0 Å². The van der Waals surface area contributed by atoms with Gasteiger partial charge in [0.1, 0.15) is 24.1 Å². The van der Waals surface area contributed by atoms with E-state index in [4.69, 9.17) is 9.47 Å². The molecule has 1 amide bonds. The third kappa shape index (κ3) is 4.83. The number of carbonyl (C=O) groups is 3. The zero-order valence-corrected chi connectivity index (χ0v) is 13.8. The lowest BCUT2D eigenvalue weighted by molar-refractivity contribution is -0.165. The third-order valence-corrected chi connectivity index (χ3v) is 3.70. The molecule has 2 aromatic carbocycles. The van der Waals surface area contributed by atoms with Crippen LogP contribution in [0.2, 0.25) is 0 Å². The molecule has 0 spiro atoms. The SMILES string of the molecule is O=C1CC[C@H](NC(=O)OCc2ccc(Oc3ccccc3)cc2)C(=O)O1. The van der Waals surface area contributed by atoms with Crippen molar-refractivity contribution in [1.82, 2.24) is 5.32 Å². The van der Waals surface area contributed by atoms with Crippen LogP contribution < -0.4 is 10.1 Å². The van der Waals surface area contributed by atoms with Gasteiger partial charge in [-0.15, -0.1) is 0 Å². The lowest BCUT2D eigenvalue weighted by Crippen LogP contribution is -2.45. The summed E-state index contributed by atoms with van der Waals surface area (Å²) in [5.41, 5.74) is 0.766. The smallest absolute Gasteiger partial charge is 0.408 e. The maximum atomic E-state index is 11.8. The molecule has 1 atom stereocenters. The van der Waals surface area contributed by atoms with Gasteiger partial charge in [-0.25, -0.2) is 9.59 Å². The number of amides is 1. The fourth-order valence-corrected chi connectivity index (χ4v) is 2.36. The first-order valence-corrected chi connectivity index (χ1v) is 8.10. The van der Waals surface area contributed by atoms with E-state index in [0.717, 1.165) is 11.3 Å². The van der Waals surface area contributed by atoms with Gasteiger partial charge in [-0.2, -0.15) is 0 Å². The summed E-state index contributed by atoms with van der Waals surface area (Å²) in [6.07, 6.45) is -0.455. The van der Waals surface area contributed by atoms with E-state index in [1.165, 1.54) is 0 Å². The number of ether oxygens (including phenoxy) is 3. The van der Waals surface area contributed by atoms with Crippen LogP contribution in [0.25, 0.3) is 0 Å². The molecular formula is C19H17NO6. The number of rotatable bonds is 5. The topological polar surface area (TPSA) is 90.9 Å². The number of hydrogen-bond acceptors (Lipinski definition) is 6. The van der Waals surface area contributed by atoms with Gasteiger partial charge in [-0.1, -0.05) is 30.3 Å². The highest BCUT2D eigenvalue weighted by Gasteiger charge is 2.30. The highest BCUT2D eigenvalue weighted by molar-refractivity contribution is 5.92. The van der Waals surface area contributed by atoms with Gasteiger partial charge in [0, 0.05) is 6.42 Å². The molecular weight excluding hydrogens is 338 g/mol. The number of para-hydroxylation sites is 1. The molecule has 26 heavy (non-hydrogen) atoms. The van der Waals surface area contributed by atoms with Gasteiger partial charge in [0.15, 0.2) is 0 Å². The minimum atomic E-state index is -0.859. The van der Waals surface area contributed by atoms with Crippen molar-refractivity contribution in [3.8, 4) is 11.5 Å². The fourth-order valence-electron chi connectivity index (χ4n) is 2.36. The lowest BCUT2D eigenvalue weighted by Gasteiger charge is -2.20. The maximum Gasteiger partial charge on any atom is 0.408 e. The van der Waals surface area contributed by atoms with Crippen LogP contribution in [0.3, 0.4) is 0 Å². The van der Waals surface area contributed by atoms with Crippen molar-refractivity contribution in [2.24, 2.45) is 0 Å². The normalized spacial score (nSPS) is 16.5. The molecule has 1 heterocycles. The standard InChI is InChI=1S/C19H17NO6/c21-17-11-10-16(18(22)26-17)20-19(23)24-12-13-6-8-15(9-7-13)25-14-4-2-1-3-5-14/h1-9,16H,10-12H2,(H,20,23)/t16-/m0/s1. The van der Waals surface area contributed by atoms with Gasteiger partial charge in [0.25, 0.3) is 0 Å². The molecule has 0 saturated carbocycles. The summed E-state index contributed by atoms with van der Waals surface area (Å²) < 4.78 is 15.2. The number of nitrogens with one attached hydrogen (secondary N) is 1. The zero-order valence-electron chi connectivity index (χ0n) is 13.8. The second kappa shape index (κ2) is 8.15. The summed E-state index contributed by atoms with van der Waals surface area (Å²) in [6, 6.07) is 15.6. The monoisotopic (exact) mass is 355 g/mol. The van der Waals surface area contributed by atoms with E-state index < -0.39 is 24.1 Å². The number of benzene rings is 2. The molecule has 2 aromatic rings. The van der Waals surface area contributed by atoms with Crippen molar-refractivity contribution in [3.63, 3.8) is 0 Å². The first-order chi connectivity index (χ1) is 12.6. The minimum Gasteiger partial charge on any atom is -0.457 e. The molecule has 1 N–H and O–H groups in total. The summed E-state index contributed by atoms with van der Waals surface area (Å²) in [6.45, 7) is 0.0398. The molecule has 0 unspecified atom stereocenters. The number of alkyl carbamates (subject to hydrolysis) is 1. The molecule has 7 heteroatoms. The van der Waals surface area contributed by atoms with E-state index >= 15 is 0 Å². The molecule has 0 aliphatic carbocycles. The van der Waals surface area contributed by atoms with Crippen molar-refractivity contribution in [1.29, 1.82) is 0 Å². The summed E-state index contributed by atoms with van der Waals surface area (Å²) in [4.78, 5) is 34.2. The Balaban J connectivity index is 1.46. The zero-order chi connectivity index (χ0) is 18.4. The van der Waals surface area contributed by atoms with Crippen molar-refractivity contribution in [2.75, 3.05) is 0 Å². The van der Waals surface area contributed by atoms with Crippen LogP contribution in [0.5, 0.6) is 11.5 Å². The van der Waals surface area contributed by atoms with Gasteiger partial charge in [-0.3, -0.25) is 4.79 Å². The van der Waals surface area contributed by atoms with Crippen LogP contribution in [-0.4, -0.2) is 24.1 Å². The average molecular weight is 355 g/mol. The van der Waals surface area contributed by atoms with E-state index in [9.17, 15) is 14.4 Å². The predicted octanol–water partition coefficient (Wildman–Crippen LogP) is 2.94. The average Bonchev–Trinajstić information content (AvgIpc) is 2.64. The Bertz CT molecular complexity index is 787. The Morgan fingerprint density at radius 2 is 1.73 bits per heavy atom. The Kier molecular flexibility index (Phi) is 5.48. The molecule has 1 aliphatic rings. The van der Waals surface area contributed by atoms with Crippen molar-refractivity contribution in [2.45, 2.75) is 25.5 Å². The van der Waals surface area contributed by atoms with Gasteiger partial charge in [0.05, 0.1) is 0 Å². The quantitative estimate of drug-likeness (QED) is 0.655. The van der Waals surface area contributed by atoms with E-state index in [1.54, 1.807) is 24.3 Å². The summed E-state index contributed by atoms with van der Waals surface area (Å²) in [5.74, 6) is 0.0487. The first-order valence-electron chi connectivity index (χ1n) is 8.10. The van der Waals surface area contributed by atoms with E-state index in [0.29, 0.717) is 5.75 Å². The second-order valence-corrected chi connectivity index (χ2v) is 5.66. The molecule has 0 radical (unpaired) electrons. The van der Waals surface area contributed by atoms with Crippen LogP contribution in [0.4, 0.5) is 4.79 Å². The van der Waals surface area contributed by atoms with Crippen LogP contribution >= 0.6 is 0 Å². The van der Waals surface area contributed by atoms with Gasteiger partial charge < -0.3 is 19.5 Å².